The van der Waals surface area contributed by atoms with Crippen molar-refractivity contribution in [2.45, 2.75) is 131 Å². The van der Waals surface area contributed by atoms with Crippen LogP contribution in [0.4, 0.5) is 0 Å². The Kier molecular flexibility index (Phi) is 17.4. The fourth-order valence-electron chi connectivity index (χ4n) is 13.7. The molecule has 0 aliphatic carbocycles. The zero-order valence-electron chi connectivity index (χ0n) is 52.8. The Bertz CT molecular complexity index is 3320. The van der Waals surface area contributed by atoms with Gasteiger partial charge in [0.25, 0.3) is 0 Å². The highest BCUT2D eigenvalue weighted by Crippen LogP contribution is 2.48. The van der Waals surface area contributed by atoms with Gasteiger partial charge in [0.05, 0.1) is 0 Å². The fraction of sp³-hybridized carbons (Fsp3) is 0.241. The normalized spacial score (nSPS) is 11.3. The van der Waals surface area contributed by atoms with E-state index in [0.29, 0.717) is 17.3 Å². The van der Waals surface area contributed by atoms with E-state index in [9.17, 15) is 0 Å². The number of rotatable bonds is 15. The van der Waals surface area contributed by atoms with Crippen LogP contribution in [0.5, 0.6) is 0 Å². The molecule has 0 N–H and O–H groups in total. The summed E-state index contributed by atoms with van der Waals surface area (Å²) < 4.78 is 25.3. The van der Waals surface area contributed by atoms with Crippen molar-refractivity contribution in [3.63, 3.8) is 0 Å². The van der Waals surface area contributed by atoms with E-state index in [1.165, 1.54) is 33.4 Å². The summed E-state index contributed by atoms with van der Waals surface area (Å²) in [7, 11) is -4.42. The number of hydrogen-bond donors (Lipinski definition) is 0. The molecule has 3 nitrogen and oxygen atoms in total. The molecule has 0 atom stereocenters. The highest BCUT2D eigenvalue weighted by atomic mass is 28.4. The Morgan fingerprint density at radius 2 is 0.373 bits per heavy atom. The molecule has 0 amide bonds. The number of benzene rings is 9. The first-order valence-corrected chi connectivity index (χ1v) is 31.6. The van der Waals surface area contributed by atoms with Gasteiger partial charge < -0.3 is 13.3 Å². The molecule has 422 valence electrons. The largest absolute Gasteiger partial charge is 0.696 e. The molecule has 0 unspecified atom stereocenters. The Morgan fingerprint density at radius 3 is 0.518 bits per heavy atom. The van der Waals surface area contributed by atoms with Gasteiger partial charge in [-0.05, 0) is 225 Å². The van der Waals surface area contributed by atoms with E-state index in [1.807, 2.05) is 0 Å². The summed E-state index contributed by atoms with van der Waals surface area (Å²) in [5.74, 6) is 2.05. The summed E-state index contributed by atoms with van der Waals surface area (Å²) >= 11 is 0. The van der Waals surface area contributed by atoms with Crippen molar-refractivity contribution in [2.75, 3.05) is 0 Å². The zero-order chi connectivity index (χ0) is 59.8. The lowest BCUT2D eigenvalue weighted by atomic mass is 9.83. The average molecular weight is 1110 g/mol. The van der Waals surface area contributed by atoms with Crippen LogP contribution < -0.4 is 0 Å². The third-order valence-electron chi connectivity index (χ3n) is 16.2. The molecule has 9 aromatic rings. The van der Waals surface area contributed by atoms with E-state index in [0.717, 1.165) is 134 Å². The van der Waals surface area contributed by atoms with Crippen molar-refractivity contribution in [1.29, 1.82) is 0 Å². The van der Waals surface area contributed by atoms with Crippen molar-refractivity contribution >= 4 is 42.8 Å². The van der Waals surface area contributed by atoms with E-state index in [-0.39, 0.29) is 0 Å². The Balaban J connectivity index is 1.54. The van der Waals surface area contributed by atoms with E-state index in [1.54, 1.807) is 0 Å². The van der Waals surface area contributed by atoms with Gasteiger partial charge in [0, 0.05) is 40.0 Å². The molecule has 0 heterocycles. The predicted octanol–water partition coefficient (Wildman–Crippen LogP) is 21.0. The van der Waals surface area contributed by atoms with Crippen LogP contribution in [0.25, 0.3) is 34.0 Å². The maximum atomic E-state index is 8.45. The summed E-state index contributed by atoms with van der Waals surface area (Å²) in [5.41, 5.74) is 33.5. The van der Waals surface area contributed by atoms with Crippen LogP contribution in [0, 0.1) is 125 Å². The first kappa shape index (κ1) is 59.4. The van der Waals surface area contributed by atoms with Gasteiger partial charge in [0.2, 0.25) is 0 Å². The van der Waals surface area contributed by atoms with Crippen molar-refractivity contribution in [1.82, 2.24) is 0 Å². The minimum absolute atomic E-state index is 0.684. The van der Waals surface area contributed by atoms with Crippen LogP contribution in [0.15, 0.2) is 164 Å². The van der Waals surface area contributed by atoms with Crippen LogP contribution >= 0.6 is 0 Å². The zero-order valence-corrected chi connectivity index (χ0v) is 53.8. The lowest BCUT2D eigenvalue weighted by molar-refractivity contribution is 0.223. The molecule has 0 bridgehead atoms. The highest BCUT2D eigenvalue weighted by Gasteiger charge is 2.48. The molecule has 4 heteroatoms. The smallest absolute Gasteiger partial charge is 0.482 e. The summed E-state index contributed by atoms with van der Waals surface area (Å²) in [6, 6.07) is 59.6. The molecule has 9 aromatic carbocycles. The average Bonchev–Trinajstić information content (AvgIpc) is 2.19. The van der Waals surface area contributed by atoms with Gasteiger partial charge in [0.15, 0.2) is 0 Å². The molecule has 0 spiro atoms. The van der Waals surface area contributed by atoms with Crippen LogP contribution in [0.2, 0.25) is 6.55 Å². The molecule has 83 heavy (non-hydrogen) atoms. The van der Waals surface area contributed by atoms with Gasteiger partial charge in [0.1, 0.15) is 17.3 Å². The topological polar surface area (TPSA) is 27.7 Å². The van der Waals surface area contributed by atoms with Crippen molar-refractivity contribution < 1.29 is 13.3 Å². The lowest BCUT2D eigenvalue weighted by Crippen LogP contribution is -2.42. The highest BCUT2D eigenvalue weighted by molar-refractivity contribution is 6.62. The fourth-order valence-corrected chi connectivity index (χ4v) is 15.5. The SMILES string of the molecule is Cc1cc(C)c(C(=C(O[Si](C)(OC(=C(c2c(C)cc(C)cc2C)c2c(C)cc(C)cc2C)c2ccccc2)OC(=C(c2c(C)cc(C)cc2C)c2c(C)cc(C)cc2C)c2ccccc2)c2ccccc2)c2c(C)cc(C)cc2C)c(C)c1. The Labute approximate surface area is 498 Å². The maximum absolute atomic E-state index is 8.45. The molecule has 0 aliphatic heterocycles. The van der Waals surface area contributed by atoms with Crippen molar-refractivity contribution in [3.05, 3.63) is 314 Å². The number of aryl methyl sites for hydroxylation is 18. The third-order valence-corrected chi connectivity index (χ3v) is 17.9. The number of hydrogen-bond acceptors (Lipinski definition) is 3. The van der Waals surface area contributed by atoms with Gasteiger partial charge in [-0.25, -0.2) is 0 Å². The molecular formula is C79H84O3Si. The molecular weight excluding hydrogens is 1020 g/mol. The minimum atomic E-state index is -4.42. The summed E-state index contributed by atoms with van der Waals surface area (Å²) in [6.45, 7) is 42.1. The maximum Gasteiger partial charge on any atom is 0.696 e. The quantitative estimate of drug-likeness (QED) is 0.0582. The van der Waals surface area contributed by atoms with E-state index >= 15 is 0 Å². The minimum Gasteiger partial charge on any atom is -0.482 e. The van der Waals surface area contributed by atoms with Gasteiger partial charge in [-0.15, -0.1) is 0 Å². The Morgan fingerprint density at radius 1 is 0.229 bits per heavy atom. The van der Waals surface area contributed by atoms with Gasteiger partial charge >= 0.3 is 8.80 Å². The molecule has 0 fully saturated rings. The van der Waals surface area contributed by atoms with Crippen LogP contribution in [-0.4, -0.2) is 8.80 Å². The second-order valence-electron chi connectivity index (χ2n) is 24.0. The van der Waals surface area contributed by atoms with Gasteiger partial charge in [-0.1, -0.05) is 197 Å². The van der Waals surface area contributed by atoms with E-state index in [4.69, 9.17) is 13.3 Å². The molecule has 0 saturated heterocycles. The second kappa shape index (κ2) is 24.3. The first-order chi connectivity index (χ1) is 39.4. The van der Waals surface area contributed by atoms with Crippen LogP contribution in [0.3, 0.4) is 0 Å². The van der Waals surface area contributed by atoms with Gasteiger partial charge in [-0.2, -0.15) is 0 Å². The van der Waals surface area contributed by atoms with Gasteiger partial charge in [-0.3, -0.25) is 0 Å². The summed E-state index contributed by atoms with van der Waals surface area (Å²) in [6.07, 6.45) is 0. The second-order valence-corrected chi connectivity index (χ2v) is 26.4. The van der Waals surface area contributed by atoms with Crippen LogP contribution in [-0.2, 0) is 13.3 Å². The predicted molar refractivity (Wildman–Crippen MR) is 356 cm³/mol. The molecule has 0 saturated carbocycles. The standard InChI is InChI=1S/C79H84O3Si/c1-47-35-53(7)68(54(8)36-47)74(69-55(9)37-48(2)38-56(69)10)77(65-29-23-20-24-30-65)80-83(19,81-78(66-31-25-21-26-32-66)75(70-57(11)39-49(3)40-58(70)12)71-59(13)41-50(4)42-60(71)14)82-79(67-33-27-22-28-34-67)76(72-61(15)43-51(5)44-62(72)16)73-63(17)45-52(6)46-64(73)18/h20-46H,1-19H3. The van der Waals surface area contributed by atoms with Crippen molar-refractivity contribution in [2.24, 2.45) is 0 Å². The van der Waals surface area contributed by atoms with E-state index in [2.05, 4.69) is 295 Å². The third kappa shape index (κ3) is 12.5. The molecule has 9 rings (SSSR count). The summed E-state index contributed by atoms with van der Waals surface area (Å²) in [4.78, 5) is 0. The van der Waals surface area contributed by atoms with Crippen LogP contribution in [0.1, 0.15) is 150 Å². The Hall–Kier alpha value is -8.18. The first-order valence-electron chi connectivity index (χ1n) is 29.4. The molecule has 0 aliphatic rings. The summed E-state index contributed by atoms with van der Waals surface area (Å²) in [5, 5.41) is 0. The van der Waals surface area contributed by atoms with Crippen molar-refractivity contribution in [3.8, 4) is 0 Å². The lowest BCUT2D eigenvalue weighted by Gasteiger charge is -2.35. The van der Waals surface area contributed by atoms with E-state index < -0.39 is 8.80 Å². The molecule has 0 aromatic heterocycles. The monoisotopic (exact) mass is 1110 g/mol. The molecule has 0 radical (unpaired) electrons.